The van der Waals surface area contributed by atoms with Gasteiger partial charge < -0.3 is 5.73 Å². The Kier molecular flexibility index (Phi) is 5.35. The second kappa shape index (κ2) is 7.24. The normalized spacial score (nSPS) is 10.2. The van der Waals surface area contributed by atoms with Crippen molar-refractivity contribution in [2.75, 3.05) is 12.0 Å². The van der Waals surface area contributed by atoms with Crippen molar-refractivity contribution in [3.8, 4) is 17.3 Å². The molecule has 0 bridgehead atoms. The predicted molar refractivity (Wildman–Crippen MR) is 83.8 cm³/mol. The molecule has 0 aliphatic rings. The average molecular weight is 334 g/mol. The highest BCUT2D eigenvalue weighted by Gasteiger charge is 2.17. The smallest absolute Gasteiger partial charge is 0.227 e. The third-order valence-corrected chi connectivity index (χ3v) is 4.16. The summed E-state index contributed by atoms with van der Waals surface area (Å²) in [4.78, 5) is 19.5. The molecule has 112 valence electrons. The van der Waals surface area contributed by atoms with Gasteiger partial charge in [0, 0.05) is 5.56 Å². The molecule has 5 nitrogen and oxygen atoms in total. The number of benzene rings is 1. The SMILES string of the molecule is CSc1nc(SCC(N)=O)c(C#N)c(-c2ccc(F)cc2)n1. The number of hydrogen-bond donors (Lipinski definition) is 1. The maximum atomic E-state index is 13.1. The summed E-state index contributed by atoms with van der Waals surface area (Å²) in [7, 11) is 0. The summed E-state index contributed by atoms with van der Waals surface area (Å²) in [6, 6.07) is 7.74. The summed E-state index contributed by atoms with van der Waals surface area (Å²) in [5, 5.41) is 10.3. The van der Waals surface area contributed by atoms with E-state index in [1.165, 1.54) is 23.9 Å². The van der Waals surface area contributed by atoms with E-state index in [1.807, 2.05) is 0 Å². The number of halogens is 1. The molecule has 0 fully saturated rings. The number of nitriles is 1. The topological polar surface area (TPSA) is 92.7 Å². The highest BCUT2D eigenvalue weighted by molar-refractivity contribution is 8.00. The van der Waals surface area contributed by atoms with Crippen LogP contribution in [0.25, 0.3) is 11.3 Å². The largest absolute Gasteiger partial charge is 0.369 e. The first kappa shape index (κ1) is 16.3. The second-order valence-corrected chi connectivity index (χ2v) is 5.85. The second-order valence-electron chi connectivity index (χ2n) is 4.11. The number of primary amides is 1. The van der Waals surface area contributed by atoms with E-state index in [2.05, 4.69) is 16.0 Å². The van der Waals surface area contributed by atoms with Crippen LogP contribution < -0.4 is 5.73 Å². The number of aromatic nitrogens is 2. The molecule has 0 saturated carbocycles. The Morgan fingerprint density at radius 2 is 2.05 bits per heavy atom. The van der Waals surface area contributed by atoms with Crippen LogP contribution in [0.2, 0.25) is 0 Å². The molecule has 0 atom stereocenters. The lowest BCUT2D eigenvalue weighted by atomic mass is 10.1. The highest BCUT2D eigenvalue weighted by atomic mass is 32.2. The van der Waals surface area contributed by atoms with Crippen LogP contribution in [0.3, 0.4) is 0 Å². The Bertz CT molecular complexity index is 744. The summed E-state index contributed by atoms with van der Waals surface area (Å²) in [6.07, 6.45) is 1.80. The zero-order chi connectivity index (χ0) is 16.1. The molecule has 2 aromatic rings. The molecule has 0 aliphatic heterocycles. The number of nitrogens with zero attached hydrogens (tertiary/aromatic N) is 3. The Hall–Kier alpha value is -2.11. The van der Waals surface area contributed by atoms with E-state index in [0.29, 0.717) is 21.4 Å². The van der Waals surface area contributed by atoms with Gasteiger partial charge in [0.1, 0.15) is 22.5 Å². The summed E-state index contributed by atoms with van der Waals surface area (Å²) in [5.41, 5.74) is 6.40. The Morgan fingerprint density at radius 1 is 1.36 bits per heavy atom. The number of hydrogen-bond acceptors (Lipinski definition) is 6. The van der Waals surface area contributed by atoms with Crippen molar-refractivity contribution in [1.82, 2.24) is 9.97 Å². The molecular formula is C14H11FN4OS2. The van der Waals surface area contributed by atoms with Crippen LogP contribution in [0.5, 0.6) is 0 Å². The zero-order valence-corrected chi connectivity index (χ0v) is 13.2. The van der Waals surface area contributed by atoms with Crippen molar-refractivity contribution in [3.63, 3.8) is 0 Å². The Labute approximate surface area is 135 Å². The number of carbonyl (C=O) groups is 1. The maximum Gasteiger partial charge on any atom is 0.227 e. The van der Waals surface area contributed by atoms with Gasteiger partial charge in [0.15, 0.2) is 5.16 Å². The van der Waals surface area contributed by atoms with Gasteiger partial charge in [0.25, 0.3) is 0 Å². The van der Waals surface area contributed by atoms with Crippen LogP contribution in [0, 0.1) is 17.1 Å². The van der Waals surface area contributed by atoms with Gasteiger partial charge in [-0.1, -0.05) is 23.5 Å². The predicted octanol–water partition coefficient (Wildman–Crippen LogP) is 2.45. The molecule has 2 rings (SSSR count). The molecule has 0 saturated heterocycles. The first-order valence-electron chi connectivity index (χ1n) is 6.08. The van der Waals surface area contributed by atoms with Gasteiger partial charge in [-0.3, -0.25) is 4.79 Å². The van der Waals surface area contributed by atoms with E-state index in [9.17, 15) is 14.4 Å². The molecule has 2 N–H and O–H groups in total. The lowest BCUT2D eigenvalue weighted by Crippen LogP contribution is -2.13. The van der Waals surface area contributed by atoms with Gasteiger partial charge in [-0.05, 0) is 30.5 Å². The van der Waals surface area contributed by atoms with E-state index in [0.717, 1.165) is 11.8 Å². The standard InChI is InChI=1S/C14H11FN4OS2/c1-21-14-18-12(8-2-4-9(15)5-3-8)10(6-16)13(19-14)22-7-11(17)20/h2-5H,7H2,1H3,(H2,17,20). The number of thioether (sulfide) groups is 2. The summed E-state index contributed by atoms with van der Waals surface area (Å²) >= 11 is 2.40. The molecule has 0 spiro atoms. The van der Waals surface area contributed by atoms with Crippen LogP contribution >= 0.6 is 23.5 Å². The van der Waals surface area contributed by atoms with Crippen molar-refractivity contribution >= 4 is 29.4 Å². The van der Waals surface area contributed by atoms with Crippen molar-refractivity contribution in [3.05, 3.63) is 35.6 Å². The fourth-order valence-electron chi connectivity index (χ4n) is 1.67. The maximum absolute atomic E-state index is 13.1. The monoisotopic (exact) mass is 334 g/mol. The third kappa shape index (κ3) is 3.75. The Morgan fingerprint density at radius 3 is 2.59 bits per heavy atom. The minimum absolute atomic E-state index is 0.0162. The average Bonchev–Trinajstić information content (AvgIpc) is 2.52. The molecule has 8 heteroatoms. The number of nitrogens with two attached hydrogens (primary N) is 1. The molecule has 1 amide bonds. The summed E-state index contributed by atoms with van der Waals surface area (Å²) in [6.45, 7) is 0. The van der Waals surface area contributed by atoms with Crippen LogP contribution in [-0.2, 0) is 4.79 Å². The molecule has 0 unspecified atom stereocenters. The van der Waals surface area contributed by atoms with Crippen LogP contribution in [0.15, 0.2) is 34.4 Å². The van der Waals surface area contributed by atoms with Crippen molar-refractivity contribution in [2.45, 2.75) is 10.2 Å². The minimum atomic E-state index is -0.499. The van der Waals surface area contributed by atoms with E-state index in [4.69, 9.17) is 5.73 Å². The van der Waals surface area contributed by atoms with Gasteiger partial charge >= 0.3 is 0 Å². The van der Waals surface area contributed by atoms with Crippen molar-refractivity contribution in [1.29, 1.82) is 5.26 Å². The first-order valence-corrected chi connectivity index (χ1v) is 8.29. The van der Waals surface area contributed by atoms with Crippen LogP contribution in [-0.4, -0.2) is 27.9 Å². The van der Waals surface area contributed by atoms with Gasteiger partial charge in [0.2, 0.25) is 5.91 Å². The number of carbonyl (C=O) groups excluding carboxylic acids is 1. The number of amides is 1. The van der Waals surface area contributed by atoms with E-state index in [-0.39, 0.29) is 17.1 Å². The molecular weight excluding hydrogens is 323 g/mol. The quantitative estimate of drug-likeness (QED) is 0.513. The van der Waals surface area contributed by atoms with Gasteiger partial charge in [-0.15, -0.1) is 0 Å². The third-order valence-electron chi connectivity index (χ3n) is 2.62. The summed E-state index contributed by atoms with van der Waals surface area (Å²) < 4.78 is 13.1. The number of rotatable bonds is 5. The van der Waals surface area contributed by atoms with Crippen LogP contribution in [0.4, 0.5) is 4.39 Å². The van der Waals surface area contributed by atoms with Crippen LogP contribution in [0.1, 0.15) is 5.56 Å². The van der Waals surface area contributed by atoms with E-state index in [1.54, 1.807) is 18.4 Å². The minimum Gasteiger partial charge on any atom is -0.369 e. The van der Waals surface area contributed by atoms with E-state index < -0.39 is 5.91 Å². The lowest BCUT2D eigenvalue weighted by molar-refractivity contribution is -0.115. The summed E-state index contributed by atoms with van der Waals surface area (Å²) in [5.74, 6) is -0.853. The van der Waals surface area contributed by atoms with Crippen molar-refractivity contribution < 1.29 is 9.18 Å². The molecule has 0 aliphatic carbocycles. The van der Waals surface area contributed by atoms with Gasteiger partial charge in [-0.2, -0.15) is 5.26 Å². The zero-order valence-electron chi connectivity index (χ0n) is 11.5. The highest BCUT2D eigenvalue weighted by Crippen LogP contribution is 2.30. The molecule has 0 radical (unpaired) electrons. The fourth-order valence-corrected chi connectivity index (χ4v) is 2.81. The van der Waals surface area contributed by atoms with E-state index >= 15 is 0 Å². The first-order chi connectivity index (χ1) is 10.5. The molecule has 1 heterocycles. The van der Waals surface area contributed by atoms with Crippen molar-refractivity contribution in [2.24, 2.45) is 5.73 Å². The van der Waals surface area contributed by atoms with Gasteiger partial charge in [0.05, 0.1) is 11.4 Å². The molecule has 22 heavy (non-hydrogen) atoms. The lowest BCUT2D eigenvalue weighted by Gasteiger charge is -2.09. The fraction of sp³-hybridized carbons (Fsp3) is 0.143. The Balaban J connectivity index is 2.56. The molecule has 1 aromatic carbocycles. The van der Waals surface area contributed by atoms with Gasteiger partial charge in [-0.25, -0.2) is 14.4 Å². The molecule has 1 aromatic heterocycles.